The molecule has 7 nitrogen and oxygen atoms in total. The van der Waals surface area contributed by atoms with E-state index in [0.717, 1.165) is 6.07 Å². The third kappa shape index (κ3) is 4.42. The summed E-state index contributed by atoms with van der Waals surface area (Å²) >= 11 is 5.74. The highest BCUT2D eigenvalue weighted by Gasteiger charge is 2.16. The first-order valence-corrected chi connectivity index (χ1v) is 8.11. The quantitative estimate of drug-likeness (QED) is 0.531. The number of nitro benzene ring substituents is 1. The molecule has 1 heterocycles. The number of carbonyl (C=O) groups is 1. The van der Waals surface area contributed by atoms with Gasteiger partial charge >= 0.3 is 0 Å². The Hall–Kier alpha value is -3.39. The van der Waals surface area contributed by atoms with Crippen LogP contribution in [0.25, 0.3) is 11.3 Å². The van der Waals surface area contributed by atoms with Crippen LogP contribution in [0.2, 0.25) is 5.02 Å². The number of rotatable bonds is 5. The van der Waals surface area contributed by atoms with E-state index in [0.29, 0.717) is 17.0 Å². The van der Waals surface area contributed by atoms with Crippen LogP contribution in [-0.2, 0) is 6.54 Å². The molecule has 3 aromatic rings. The second kappa shape index (κ2) is 7.88. The predicted octanol–water partition coefficient (Wildman–Crippen LogP) is 3.77. The van der Waals surface area contributed by atoms with Crippen molar-refractivity contribution in [2.24, 2.45) is 0 Å². The van der Waals surface area contributed by atoms with Crippen molar-refractivity contribution in [1.82, 2.24) is 15.3 Å². The fraction of sp³-hybridized carbons (Fsp3) is 0.0556. The molecule has 2 aromatic carbocycles. The summed E-state index contributed by atoms with van der Waals surface area (Å²) in [5.74, 6) is -0.853. The Labute approximate surface area is 158 Å². The van der Waals surface area contributed by atoms with E-state index in [2.05, 4.69) is 15.3 Å². The van der Waals surface area contributed by atoms with Gasteiger partial charge in [0.1, 0.15) is 17.2 Å². The van der Waals surface area contributed by atoms with Crippen LogP contribution < -0.4 is 5.32 Å². The number of hydrogen-bond acceptors (Lipinski definition) is 5. The molecule has 9 heteroatoms. The first kappa shape index (κ1) is 18.4. The molecule has 0 atom stereocenters. The lowest BCUT2D eigenvalue weighted by molar-refractivity contribution is -0.384. The van der Waals surface area contributed by atoms with Crippen molar-refractivity contribution in [3.05, 3.63) is 87.1 Å². The Morgan fingerprint density at radius 3 is 2.59 bits per heavy atom. The summed E-state index contributed by atoms with van der Waals surface area (Å²) in [6, 6.07) is 11.3. The van der Waals surface area contributed by atoms with Crippen molar-refractivity contribution < 1.29 is 14.1 Å². The maximum Gasteiger partial charge on any atom is 0.288 e. The molecule has 3 rings (SSSR count). The van der Waals surface area contributed by atoms with E-state index in [9.17, 15) is 19.3 Å². The molecule has 0 unspecified atom stereocenters. The fourth-order valence-corrected chi connectivity index (χ4v) is 2.53. The third-order valence-electron chi connectivity index (χ3n) is 3.70. The Balaban J connectivity index is 1.72. The van der Waals surface area contributed by atoms with Gasteiger partial charge in [0.2, 0.25) is 0 Å². The molecule has 0 fully saturated rings. The Kier molecular flexibility index (Phi) is 5.37. The zero-order valence-corrected chi connectivity index (χ0v) is 14.5. The van der Waals surface area contributed by atoms with Crippen molar-refractivity contribution in [3.63, 3.8) is 0 Å². The van der Waals surface area contributed by atoms with Crippen LogP contribution in [0, 0.1) is 15.9 Å². The van der Waals surface area contributed by atoms with Crippen molar-refractivity contribution in [3.8, 4) is 11.3 Å². The summed E-state index contributed by atoms with van der Waals surface area (Å²) in [6.07, 6.45) is 1.34. The summed E-state index contributed by atoms with van der Waals surface area (Å²) in [7, 11) is 0. The van der Waals surface area contributed by atoms with Gasteiger partial charge in [0.05, 0.1) is 22.9 Å². The number of benzene rings is 2. The van der Waals surface area contributed by atoms with Crippen LogP contribution in [0.1, 0.15) is 16.1 Å². The van der Waals surface area contributed by atoms with Crippen LogP contribution in [0.3, 0.4) is 0 Å². The number of aromatic nitrogens is 2. The van der Waals surface area contributed by atoms with Gasteiger partial charge in [0.15, 0.2) is 0 Å². The van der Waals surface area contributed by atoms with Crippen LogP contribution in [0.5, 0.6) is 0 Å². The standard InChI is InChI=1S/C18H12ClFN4O3/c19-15-6-3-12(7-17(15)24(26)27)18(25)21-9-14-8-16(23-10-22-14)11-1-4-13(20)5-2-11/h1-8,10H,9H2,(H,21,25). The molecule has 0 bridgehead atoms. The normalized spacial score (nSPS) is 10.4. The zero-order chi connectivity index (χ0) is 19.4. The van der Waals surface area contributed by atoms with Crippen molar-refractivity contribution in [1.29, 1.82) is 0 Å². The Morgan fingerprint density at radius 1 is 1.15 bits per heavy atom. The monoisotopic (exact) mass is 386 g/mol. The van der Waals surface area contributed by atoms with Gasteiger partial charge in [0.25, 0.3) is 11.6 Å². The molecule has 1 N–H and O–H groups in total. The lowest BCUT2D eigenvalue weighted by Crippen LogP contribution is -2.23. The molecule has 0 aliphatic heterocycles. The second-order valence-corrected chi connectivity index (χ2v) is 5.91. The highest BCUT2D eigenvalue weighted by atomic mass is 35.5. The predicted molar refractivity (Wildman–Crippen MR) is 96.7 cm³/mol. The molecular formula is C18H12ClFN4O3. The van der Waals surface area contributed by atoms with E-state index in [-0.39, 0.29) is 28.6 Å². The number of halogens is 2. The molecule has 1 amide bonds. The number of carbonyl (C=O) groups excluding carboxylic acids is 1. The fourth-order valence-electron chi connectivity index (χ4n) is 2.34. The number of nitro groups is 1. The van der Waals surface area contributed by atoms with E-state index in [1.165, 1.54) is 30.6 Å². The highest BCUT2D eigenvalue weighted by Crippen LogP contribution is 2.25. The van der Waals surface area contributed by atoms with Gasteiger partial charge in [-0.25, -0.2) is 14.4 Å². The van der Waals surface area contributed by atoms with Gasteiger partial charge in [0, 0.05) is 17.2 Å². The maximum atomic E-state index is 13.0. The molecular weight excluding hydrogens is 375 g/mol. The molecule has 0 saturated heterocycles. The number of amides is 1. The van der Waals surface area contributed by atoms with E-state index in [4.69, 9.17) is 11.6 Å². The van der Waals surface area contributed by atoms with Crippen molar-refractivity contribution in [2.75, 3.05) is 0 Å². The first-order valence-electron chi connectivity index (χ1n) is 7.73. The molecule has 136 valence electrons. The van der Waals surface area contributed by atoms with Crippen LogP contribution in [0.4, 0.5) is 10.1 Å². The zero-order valence-electron chi connectivity index (χ0n) is 13.7. The first-order chi connectivity index (χ1) is 12.9. The van der Waals surface area contributed by atoms with Crippen LogP contribution >= 0.6 is 11.6 Å². The molecule has 0 aliphatic rings. The SMILES string of the molecule is O=C(NCc1cc(-c2ccc(F)cc2)ncn1)c1ccc(Cl)c([N+](=O)[O-])c1. The highest BCUT2D eigenvalue weighted by molar-refractivity contribution is 6.32. The molecule has 1 aromatic heterocycles. The lowest BCUT2D eigenvalue weighted by atomic mass is 10.1. The van der Waals surface area contributed by atoms with Crippen molar-refractivity contribution >= 4 is 23.2 Å². The van der Waals surface area contributed by atoms with E-state index in [1.54, 1.807) is 18.2 Å². The average molecular weight is 387 g/mol. The summed E-state index contributed by atoms with van der Waals surface area (Å²) in [5, 5.41) is 13.5. The van der Waals surface area contributed by atoms with Gasteiger partial charge < -0.3 is 5.32 Å². The molecule has 0 radical (unpaired) electrons. The lowest BCUT2D eigenvalue weighted by Gasteiger charge is -2.07. The maximum absolute atomic E-state index is 13.0. The van der Waals surface area contributed by atoms with E-state index in [1.807, 2.05) is 0 Å². The minimum absolute atomic E-state index is 0.0451. The molecule has 0 spiro atoms. The molecule has 0 aliphatic carbocycles. The smallest absolute Gasteiger partial charge is 0.288 e. The molecule has 27 heavy (non-hydrogen) atoms. The van der Waals surface area contributed by atoms with Crippen LogP contribution in [0.15, 0.2) is 54.9 Å². The number of nitrogens with one attached hydrogen (secondary N) is 1. The van der Waals surface area contributed by atoms with E-state index >= 15 is 0 Å². The second-order valence-electron chi connectivity index (χ2n) is 5.51. The van der Waals surface area contributed by atoms with Gasteiger partial charge in [-0.2, -0.15) is 0 Å². The minimum Gasteiger partial charge on any atom is -0.346 e. The van der Waals surface area contributed by atoms with Crippen LogP contribution in [-0.4, -0.2) is 20.8 Å². The Bertz CT molecular complexity index is 1010. The van der Waals surface area contributed by atoms with Gasteiger partial charge in [-0.15, -0.1) is 0 Å². The third-order valence-corrected chi connectivity index (χ3v) is 4.02. The van der Waals surface area contributed by atoms with Gasteiger partial charge in [-0.05, 0) is 42.5 Å². The van der Waals surface area contributed by atoms with Crippen molar-refractivity contribution in [2.45, 2.75) is 6.54 Å². The van der Waals surface area contributed by atoms with Gasteiger partial charge in [-0.1, -0.05) is 11.6 Å². The Morgan fingerprint density at radius 2 is 1.89 bits per heavy atom. The molecule has 0 saturated carbocycles. The number of hydrogen-bond donors (Lipinski definition) is 1. The van der Waals surface area contributed by atoms with E-state index < -0.39 is 10.8 Å². The minimum atomic E-state index is -0.654. The van der Waals surface area contributed by atoms with Gasteiger partial charge in [-0.3, -0.25) is 14.9 Å². The summed E-state index contributed by atoms with van der Waals surface area (Å²) in [4.78, 5) is 30.7. The summed E-state index contributed by atoms with van der Waals surface area (Å²) in [6.45, 7) is 0.0893. The summed E-state index contributed by atoms with van der Waals surface area (Å²) in [5.41, 5.74) is 1.58. The number of nitrogens with zero attached hydrogens (tertiary/aromatic N) is 3. The topological polar surface area (TPSA) is 98.0 Å². The average Bonchev–Trinajstić information content (AvgIpc) is 2.67. The summed E-state index contributed by atoms with van der Waals surface area (Å²) < 4.78 is 13.0. The largest absolute Gasteiger partial charge is 0.346 e.